The van der Waals surface area contributed by atoms with Crippen LogP contribution >= 0.6 is 0 Å². The third-order valence-electron chi connectivity index (χ3n) is 4.48. The molecule has 0 radical (unpaired) electrons. The van der Waals surface area contributed by atoms with Crippen LogP contribution in [0.5, 0.6) is 0 Å². The fourth-order valence-corrected chi connectivity index (χ4v) is 3.39. The molecule has 128 valence electrons. The summed E-state index contributed by atoms with van der Waals surface area (Å²) in [6.07, 6.45) is 0.0416. The molecule has 0 bridgehead atoms. The van der Waals surface area contributed by atoms with Crippen molar-refractivity contribution < 1.29 is 9.53 Å². The summed E-state index contributed by atoms with van der Waals surface area (Å²) in [4.78, 5) is 19.6. The number of likely N-dealkylation sites (N-methyl/N-ethyl adjacent to an activating group) is 1. The van der Waals surface area contributed by atoms with Gasteiger partial charge in [0, 0.05) is 30.8 Å². The van der Waals surface area contributed by atoms with Gasteiger partial charge in [0.2, 0.25) is 0 Å². The van der Waals surface area contributed by atoms with Crippen molar-refractivity contribution in [2.75, 3.05) is 26.7 Å². The predicted molar refractivity (Wildman–Crippen MR) is 95.4 cm³/mol. The number of ether oxygens (including phenoxy) is 1. The molecule has 1 aromatic heterocycles. The van der Waals surface area contributed by atoms with Gasteiger partial charge in [0.1, 0.15) is 0 Å². The van der Waals surface area contributed by atoms with Crippen molar-refractivity contribution in [3.8, 4) is 0 Å². The molecule has 0 spiro atoms. The van der Waals surface area contributed by atoms with Gasteiger partial charge in [-0.15, -0.1) is 0 Å². The molecular formula is C19H25N3O2. The molecular weight excluding hydrogens is 302 g/mol. The number of nitrogens with zero attached hydrogens (tertiary/aromatic N) is 2. The summed E-state index contributed by atoms with van der Waals surface area (Å²) < 4.78 is 5.78. The summed E-state index contributed by atoms with van der Waals surface area (Å²) in [7, 11) is 2.05. The zero-order chi connectivity index (χ0) is 17.3. The number of aryl methyl sites for hydroxylation is 2. The minimum atomic E-state index is -0.0545. The Bertz CT molecular complexity index is 760. The SMILES string of the molecule is CCO[C@@H]1CN(C)C[C@H]1NC(=O)c1cc(C)nc2ccc(C)cc12. The quantitative estimate of drug-likeness (QED) is 0.936. The Kier molecular flexibility index (Phi) is 4.83. The number of pyridine rings is 1. The normalized spacial score (nSPS) is 21.3. The summed E-state index contributed by atoms with van der Waals surface area (Å²) in [5.74, 6) is -0.0545. The van der Waals surface area contributed by atoms with Crippen LogP contribution in [0, 0.1) is 13.8 Å². The average molecular weight is 327 g/mol. The fraction of sp³-hybridized carbons (Fsp3) is 0.474. The van der Waals surface area contributed by atoms with Crippen molar-refractivity contribution in [2.45, 2.75) is 32.9 Å². The summed E-state index contributed by atoms with van der Waals surface area (Å²) in [6.45, 7) is 8.23. The molecule has 0 saturated carbocycles. The van der Waals surface area contributed by atoms with Gasteiger partial charge in [-0.2, -0.15) is 0 Å². The maximum Gasteiger partial charge on any atom is 0.252 e. The Morgan fingerprint density at radius 2 is 2.12 bits per heavy atom. The van der Waals surface area contributed by atoms with E-state index in [1.54, 1.807) is 0 Å². The Morgan fingerprint density at radius 1 is 1.33 bits per heavy atom. The van der Waals surface area contributed by atoms with Crippen LogP contribution in [0.25, 0.3) is 10.9 Å². The summed E-state index contributed by atoms with van der Waals surface area (Å²) in [5, 5.41) is 4.07. The molecule has 1 N–H and O–H groups in total. The Labute approximate surface area is 143 Å². The monoisotopic (exact) mass is 327 g/mol. The first-order chi connectivity index (χ1) is 11.5. The average Bonchev–Trinajstić information content (AvgIpc) is 2.86. The number of nitrogens with one attached hydrogen (secondary N) is 1. The number of aromatic nitrogens is 1. The van der Waals surface area contributed by atoms with Gasteiger partial charge in [-0.1, -0.05) is 11.6 Å². The smallest absolute Gasteiger partial charge is 0.252 e. The molecule has 2 atom stereocenters. The van der Waals surface area contributed by atoms with Crippen LogP contribution < -0.4 is 5.32 Å². The lowest BCUT2D eigenvalue weighted by atomic mass is 10.0. The summed E-state index contributed by atoms with van der Waals surface area (Å²) >= 11 is 0. The van der Waals surface area contributed by atoms with E-state index in [4.69, 9.17) is 4.74 Å². The number of benzene rings is 1. The highest BCUT2D eigenvalue weighted by Crippen LogP contribution is 2.21. The van der Waals surface area contributed by atoms with Gasteiger partial charge in [0.15, 0.2) is 0 Å². The number of hydrogen-bond acceptors (Lipinski definition) is 4. The van der Waals surface area contributed by atoms with E-state index in [0.717, 1.165) is 35.2 Å². The number of fused-ring (bicyclic) bond motifs is 1. The lowest BCUT2D eigenvalue weighted by Gasteiger charge is -2.20. The third kappa shape index (κ3) is 3.42. The number of amides is 1. The van der Waals surface area contributed by atoms with E-state index in [9.17, 15) is 4.79 Å². The molecule has 2 aromatic rings. The van der Waals surface area contributed by atoms with Crippen LogP contribution in [0.2, 0.25) is 0 Å². The molecule has 5 nitrogen and oxygen atoms in total. The molecule has 2 heterocycles. The maximum absolute atomic E-state index is 12.9. The zero-order valence-corrected chi connectivity index (χ0v) is 14.8. The first kappa shape index (κ1) is 16.9. The van der Waals surface area contributed by atoms with Gasteiger partial charge < -0.3 is 15.0 Å². The van der Waals surface area contributed by atoms with Crippen molar-refractivity contribution >= 4 is 16.8 Å². The zero-order valence-electron chi connectivity index (χ0n) is 14.8. The van der Waals surface area contributed by atoms with Crippen molar-refractivity contribution in [3.63, 3.8) is 0 Å². The van der Waals surface area contributed by atoms with Crippen LogP contribution in [0.1, 0.15) is 28.5 Å². The van der Waals surface area contributed by atoms with Gasteiger partial charge in [-0.25, -0.2) is 0 Å². The van der Waals surface area contributed by atoms with E-state index in [1.807, 2.05) is 52.1 Å². The van der Waals surface area contributed by atoms with E-state index in [0.29, 0.717) is 12.2 Å². The summed E-state index contributed by atoms with van der Waals surface area (Å²) in [5.41, 5.74) is 3.51. The van der Waals surface area contributed by atoms with Crippen LogP contribution in [-0.2, 0) is 4.74 Å². The van der Waals surface area contributed by atoms with Gasteiger partial charge >= 0.3 is 0 Å². The molecule has 1 fully saturated rings. The van der Waals surface area contributed by atoms with E-state index in [-0.39, 0.29) is 18.1 Å². The molecule has 1 aliphatic rings. The van der Waals surface area contributed by atoms with Crippen LogP contribution in [0.4, 0.5) is 0 Å². The molecule has 1 aliphatic heterocycles. The number of hydrogen-bond donors (Lipinski definition) is 1. The lowest BCUT2D eigenvalue weighted by molar-refractivity contribution is 0.0513. The van der Waals surface area contributed by atoms with Crippen molar-refractivity contribution in [3.05, 3.63) is 41.1 Å². The van der Waals surface area contributed by atoms with Gasteiger partial charge in [0.05, 0.1) is 23.2 Å². The van der Waals surface area contributed by atoms with Crippen LogP contribution in [-0.4, -0.2) is 54.7 Å². The molecule has 1 saturated heterocycles. The largest absolute Gasteiger partial charge is 0.375 e. The Hall–Kier alpha value is -1.98. The molecule has 3 rings (SSSR count). The van der Waals surface area contributed by atoms with Crippen molar-refractivity contribution in [1.29, 1.82) is 0 Å². The fourth-order valence-electron chi connectivity index (χ4n) is 3.39. The first-order valence-corrected chi connectivity index (χ1v) is 8.47. The molecule has 0 unspecified atom stereocenters. The molecule has 24 heavy (non-hydrogen) atoms. The minimum absolute atomic E-state index is 0.00998. The van der Waals surface area contributed by atoms with E-state index >= 15 is 0 Å². The minimum Gasteiger partial charge on any atom is -0.375 e. The highest BCUT2D eigenvalue weighted by atomic mass is 16.5. The number of carbonyl (C=O) groups is 1. The molecule has 0 aliphatic carbocycles. The number of likely N-dealkylation sites (tertiary alicyclic amines) is 1. The topological polar surface area (TPSA) is 54.5 Å². The summed E-state index contributed by atoms with van der Waals surface area (Å²) in [6, 6.07) is 7.90. The van der Waals surface area contributed by atoms with Crippen LogP contribution in [0.15, 0.2) is 24.3 Å². The van der Waals surface area contributed by atoms with Gasteiger partial charge in [-0.3, -0.25) is 9.78 Å². The Morgan fingerprint density at radius 3 is 2.88 bits per heavy atom. The van der Waals surface area contributed by atoms with Crippen molar-refractivity contribution in [1.82, 2.24) is 15.2 Å². The van der Waals surface area contributed by atoms with E-state index < -0.39 is 0 Å². The number of rotatable bonds is 4. The Balaban J connectivity index is 1.90. The lowest BCUT2D eigenvalue weighted by Crippen LogP contribution is -2.44. The molecule has 5 heteroatoms. The second-order valence-corrected chi connectivity index (χ2v) is 6.63. The second-order valence-electron chi connectivity index (χ2n) is 6.63. The maximum atomic E-state index is 12.9. The molecule has 1 amide bonds. The van der Waals surface area contributed by atoms with Gasteiger partial charge in [0.25, 0.3) is 5.91 Å². The standard InChI is InChI=1S/C19H25N3O2/c1-5-24-18-11-22(4)10-17(18)21-19(23)15-9-13(3)20-16-7-6-12(2)8-14(15)16/h6-9,17-18H,5,10-11H2,1-4H3,(H,21,23)/t17-,18-/m1/s1. The van der Waals surface area contributed by atoms with Gasteiger partial charge in [-0.05, 0) is 46.0 Å². The second kappa shape index (κ2) is 6.87. The number of carbonyl (C=O) groups excluding carboxylic acids is 1. The van der Waals surface area contributed by atoms with E-state index in [1.165, 1.54) is 0 Å². The predicted octanol–water partition coefficient (Wildman–Crippen LogP) is 2.30. The first-order valence-electron chi connectivity index (χ1n) is 8.47. The molecule has 1 aromatic carbocycles. The van der Waals surface area contributed by atoms with E-state index in [2.05, 4.69) is 15.2 Å². The highest BCUT2D eigenvalue weighted by molar-refractivity contribution is 6.06. The van der Waals surface area contributed by atoms with Crippen LogP contribution in [0.3, 0.4) is 0 Å². The third-order valence-corrected chi connectivity index (χ3v) is 4.48. The van der Waals surface area contributed by atoms with Crippen molar-refractivity contribution in [2.24, 2.45) is 0 Å². The highest BCUT2D eigenvalue weighted by Gasteiger charge is 2.32.